The lowest BCUT2D eigenvalue weighted by Crippen LogP contribution is -2.22. The van der Waals surface area contributed by atoms with Crippen molar-refractivity contribution in [3.8, 4) is 0 Å². The Kier molecular flexibility index (Phi) is 2.32. The highest BCUT2D eigenvalue weighted by Gasteiger charge is 2.33. The summed E-state index contributed by atoms with van der Waals surface area (Å²) in [7, 11) is 0. The Morgan fingerprint density at radius 2 is 2.30 bits per heavy atom. The molecule has 1 heterocycles. The van der Waals surface area contributed by atoms with E-state index in [1.165, 1.54) is 0 Å². The molecule has 2 N–H and O–H groups in total. The van der Waals surface area contributed by atoms with Crippen LogP contribution in [0.5, 0.6) is 0 Å². The Hall–Kier alpha value is -0.0800. The van der Waals surface area contributed by atoms with Gasteiger partial charge in [0, 0.05) is 13.2 Å². The van der Waals surface area contributed by atoms with Gasteiger partial charge in [0.25, 0.3) is 0 Å². The number of rotatable bonds is 2. The van der Waals surface area contributed by atoms with E-state index in [2.05, 4.69) is 19.2 Å². The number of aliphatic hydroxyl groups is 1. The molecule has 1 atom stereocenters. The molecule has 0 aromatic rings. The van der Waals surface area contributed by atoms with E-state index in [0.29, 0.717) is 17.9 Å². The van der Waals surface area contributed by atoms with E-state index in [9.17, 15) is 0 Å². The van der Waals surface area contributed by atoms with Crippen LogP contribution < -0.4 is 5.32 Å². The number of aliphatic hydroxyl groups excluding tert-OH is 1. The molecule has 1 fully saturated rings. The minimum Gasteiger partial charge on any atom is -0.396 e. The number of hydrogen-bond donors (Lipinski definition) is 2. The molecule has 0 aromatic heterocycles. The van der Waals surface area contributed by atoms with Crippen molar-refractivity contribution in [2.45, 2.75) is 20.3 Å². The summed E-state index contributed by atoms with van der Waals surface area (Å²) in [5, 5.41) is 12.1. The molecule has 10 heavy (non-hydrogen) atoms. The molecule has 0 bridgehead atoms. The molecule has 1 rings (SSSR count). The molecule has 0 spiro atoms. The smallest absolute Gasteiger partial charge is 0.0434 e. The molecule has 2 nitrogen and oxygen atoms in total. The normalized spacial score (nSPS) is 30.9. The highest BCUT2D eigenvalue weighted by atomic mass is 16.3. The van der Waals surface area contributed by atoms with Crippen molar-refractivity contribution in [3.63, 3.8) is 0 Å². The van der Waals surface area contributed by atoms with E-state index in [-0.39, 0.29) is 0 Å². The topological polar surface area (TPSA) is 32.3 Å². The van der Waals surface area contributed by atoms with Crippen molar-refractivity contribution in [1.29, 1.82) is 0 Å². The summed E-state index contributed by atoms with van der Waals surface area (Å²) in [5.74, 6) is 0.664. The van der Waals surface area contributed by atoms with E-state index in [1.54, 1.807) is 0 Å². The van der Waals surface area contributed by atoms with Crippen LogP contribution in [0.4, 0.5) is 0 Å². The third-order valence-corrected chi connectivity index (χ3v) is 2.55. The highest BCUT2D eigenvalue weighted by molar-refractivity contribution is 4.87. The van der Waals surface area contributed by atoms with Gasteiger partial charge >= 0.3 is 0 Å². The summed E-state index contributed by atoms with van der Waals surface area (Å²) in [5.41, 5.74) is 0.392. The van der Waals surface area contributed by atoms with Gasteiger partial charge in [-0.1, -0.05) is 13.8 Å². The first kappa shape index (κ1) is 8.02. The van der Waals surface area contributed by atoms with Crippen molar-refractivity contribution < 1.29 is 5.11 Å². The molecular weight excluding hydrogens is 126 g/mol. The molecule has 2 heteroatoms. The summed E-state index contributed by atoms with van der Waals surface area (Å²) in [6.07, 6.45) is 0.944. The van der Waals surface area contributed by atoms with Crippen LogP contribution in [0, 0.1) is 11.3 Å². The summed E-state index contributed by atoms with van der Waals surface area (Å²) < 4.78 is 0. The summed E-state index contributed by atoms with van der Waals surface area (Å²) in [6.45, 7) is 7.02. The Morgan fingerprint density at radius 3 is 2.70 bits per heavy atom. The third-order valence-electron chi connectivity index (χ3n) is 2.55. The predicted molar refractivity (Wildman–Crippen MR) is 41.8 cm³/mol. The first-order valence-corrected chi connectivity index (χ1v) is 3.98. The number of hydrogen-bond acceptors (Lipinski definition) is 2. The van der Waals surface area contributed by atoms with Crippen LogP contribution in [0.15, 0.2) is 0 Å². The first-order chi connectivity index (χ1) is 4.67. The van der Waals surface area contributed by atoms with Gasteiger partial charge in [0.1, 0.15) is 0 Å². The van der Waals surface area contributed by atoms with Crippen molar-refractivity contribution in [2.75, 3.05) is 19.7 Å². The lowest BCUT2D eigenvalue weighted by molar-refractivity contribution is 0.203. The molecule has 0 saturated carbocycles. The summed E-state index contributed by atoms with van der Waals surface area (Å²) in [6, 6.07) is 0. The minimum atomic E-state index is 0.329. The largest absolute Gasteiger partial charge is 0.396 e. The molecule has 0 amide bonds. The average Bonchev–Trinajstić information content (AvgIpc) is 2.13. The van der Waals surface area contributed by atoms with E-state index in [0.717, 1.165) is 19.5 Å². The van der Waals surface area contributed by atoms with Gasteiger partial charge in [0.15, 0.2) is 0 Å². The standard InChI is InChI=1S/C8H17NO/c1-8(2)6-9-5-7(8)3-4-10/h7,9-10H,3-6H2,1-2H3. The SMILES string of the molecule is CC1(C)CNCC1CCO. The van der Waals surface area contributed by atoms with Crippen LogP contribution in [0.3, 0.4) is 0 Å². The van der Waals surface area contributed by atoms with E-state index < -0.39 is 0 Å². The molecule has 1 saturated heterocycles. The maximum atomic E-state index is 8.73. The highest BCUT2D eigenvalue weighted by Crippen LogP contribution is 2.31. The lowest BCUT2D eigenvalue weighted by atomic mass is 9.80. The minimum absolute atomic E-state index is 0.329. The van der Waals surface area contributed by atoms with Crippen molar-refractivity contribution in [3.05, 3.63) is 0 Å². The zero-order valence-corrected chi connectivity index (χ0v) is 6.85. The Bertz CT molecular complexity index is 112. The Labute approximate surface area is 62.6 Å². The summed E-state index contributed by atoms with van der Waals surface area (Å²) in [4.78, 5) is 0. The lowest BCUT2D eigenvalue weighted by Gasteiger charge is -2.24. The fourth-order valence-electron chi connectivity index (χ4n) is 1.64. The van der Waals surface area contributed by atoms with Gasteiger partial charge in [-0.25, -0.2) is 0 Å². The van der Waals surface area contributed by atoms with Gasteiger partial charge in [-0.15, -0.1) is 0 Å². The van der Waals surface area contributed by atoms with Gasteiger partial charge in [0.2, 0.25) is 0 Å². The van der Waals surface area contributed by atoms with Crippen molar-refractivity contribution in [2.24, 2.45) is 11.3 Å². The second-order valence-corrected chi connectivity index (χ2v) is 3.83. The second-order valence-electron chi connectivity index (χ2n) is 3.83. The van der Waals surface area contributed by atoms with Gasteiger partial charge < -0.3 is 10.4 Å². The van der Waals surface area contributed by atoms with Crippen LogP contribution in [0.25, 0.3) is 0 Å². The zero-order valence-electron chi connectivity index (χ0n) is 6.85. The third kappa shape index (κ3) is 1.50. The predicted octanol–water partition coefficient (Wildman–Crippen LogP) is 0.614. The maximum absolute atomic E-state index is 8.73. The molecule has 1 aliphatic rings. The van der Waals surface area contributed by atoms with Crippen LogP contribution in [-0.2, 0) is 0 Å². The fraction of sp³-hybridized carbons (Fsp3) is 1.00. The zero-order chi connectivity index (χ0) is 7.61. The molecule has 0 aliphatic carbocycles. The Morgan fingerprint density at radius 1 is 1.60 bits per heavy atom. The van der Waals surface area contributed by atoms with E-state index >= 15 is 0 Å². The Balaban J connectivity index is 2.43. The number of nitrogens with one attached hydrogen (secondary N) is 1. The molecule has 1 unspecified atom stereocenters. The maximum Gasteiger partial charge on any atom is 0.0434 e. The van der Waals surface area contributed by atoms with Crippen molar-refractivity contribution in [1.82, 2.24) is 5.32 Å². The van der Waals surface area contributed by atoms with E-state index in [4.69, 9.17) is 5.11 Å². The van der Waals surface area contributed by atoms with Gasteiger partial charge in [-0.2, -0.15) is 0 Å². The first-order valence-electron chi connectivity index (χ1n) is 3.98. The quantitative estimate of drug-likeness (QED) is 0.593. The fourth-order valence-corrected chi connectivity index (χ4v) is 1.64. The molecule has 0 radical (unpaired) electrons. The van der Waals surface area contributed by atoms with Crippen LogP contribution in [0.1, 0.15) is 20.3 Å². The average molecular weight is 143 g/mol. The molecular formula is C8H17NO. The monoisotopic (exact) mass is 143 g/mol. The second kappa shape index (κ2) is 2.89. The van der Waals surface area contributed by atoms with Gasteiger partial charge in [-0.3, -0.25) is 0 Å². The van der Waals surface area contributed by atoms with Gasteiger partial charge in [0.05, 0.1) is 0 Å². The molecule has 0 aromatic carbocycles. The summed E-state index contributed by atoms with van der Waals surface area (Å²) >= 11 is 0. The molecule has 60 valence electrons. The van der Waals surface area contributed by atoms with Crippen LogP contribution in [-0.4, -0.2) is 24.8 Å². The van der Waals surface area contributed by atoms with Crippen LogP contribution in [0.2, 0.25) is 0 Å². The van der Waals surface area contributed by atoms with Crippen molar-refractivity contribution >= 4 is 0 Å². The van der Waals surface area contributed by atoms with Gasteiger partial charge in [-0.05, 0) is 24.3 Å². The molecule has 1 aliphatic heterocycles. The van der Waals surface area contributed by atoms with Crippen LogP contribution >= 0.6 is 0 Å². The van der Waals surface area contributed by atoms with E-state index in [1.807, 2.05) is 0 Å².